The molecule has 2 heterocycles. The average molecular weight is 392 g/mol. The van der Waals surface area contributed by atoms with Crippen molar-refractivity contribution in [2.24, 2.45) is 11.3 Å². The van der Waals surface area contributed by atoms with E-state index < -0.39 is 6.04 Å². The minimum atomic E-state index is -0.441. The summed E-state index contributed by atoms with van der Waals surface area (Å²) in [6, 6.07) is 13.0. The Labute approximate surface area is 171 Å². The number of rotatable bonds is 4. The van der Waals surface area contributed by atoms with E-state index in [4.69, 9.17) is 4.98 Å². The number of aliphatic hydroxyl groups is 1. The number of nitrogens with zero attached hydrogens (tertiary/aromatic N) is 1. The van der Waals surface area contributed by atoms with Gasteiger partial charge in [0.1, 0.15) is 5.69 Å². The predicted octanol–water partition coefficient (Wildman–Crippen LogP) is 4.18. The maximum Gasteiger partial charge on any atom is 0.268 e. The van der Waals surface area contributed by atoms with E-state index in [-0.39, 0.29) is 17.9 Å². The van der Waals surface area contributed by atoms with Gasteiger partial charge in [0.25, 0.3) is 5.91 Å². The third kappa shape index (κ3) is 4.06. The molecule has 5 nitrogen and oxygen atoms in total. The Kier molecular flexibility index (Phi) is 5.17. The second kappa shape index (κ2) is 7.64. The molecule has 1 unspecified atom stereocenters. The monoisotopic (exact) mass is 391 g/mol. The van der Waals surface area contributed by atoms with Crippen molar-refractivity contribution in [1.82, 2.24) is 15.3 Å². The molecule has 1 amide bonds. The number of amides is 1. The van der Waals surface area contributed by atoms with Gasteiger partial charge in [-0.25, -0.2) is 0 Å². The van der Waals surface area contributed by atoms with Crippen molar-refractivity contribution in [1.29, 1.82) is 0 Å². The predicted molar refractivity (Wildman–Crippen MR) is 115 cm³/mol. The number of nitrogens with one attached hydrogen (secondary N) is 2. The molecule has 4 rings (SSSR count). The van der Waals surface area contributed by atoms with Crippen LogP contribution in [0, 0.1) is 11.3 Å². The number of pyridine rings is 1. The fourth-order valence-electron chi connectivity index (χ4n) is 4.23. The molecule has 1 aliphatic carbocycles. The highest BCUT2D eigenvalue weighted by atomic mass is 16.3. The Morgan fingerprint density at radius 2 is 2.03 bits per heavy atom. The van der Waals surface area contributed by atoms with E-state index in [9.17, 15) is 9.90 Å². The Morgan fingerprint density at radius 1 is 1.28 bits per heavy atom. The Bertz CT molecular complexity index is 1020. The first-order chi connectivity index (χ1) is 13.8. The topological polar surface area (TPSA) is 78.0 Å². The smallest absolute Gasteiger partial charge is 0.268 e. The largest absolute Gasteiger partial charge is 0.394 e. The van der Waals surface area contributed by atoms with Gasteiger partial charge >= 0.3 is 0 Å². The maximum atomic E-state index is 12.8. The van der Waals surface area contributed by atoms with Gasteiger partial charge in [-0.15, -0.1) is 0 Å². The number of aromatic amines is 1. The molecule has 0 saturated heterocycles. The lowest BCUT2D eigenvalue weighted by molar-refractivity contribution is 0.0912. The van der Waals surface area contributed by atoms with E-state index >= 15 is 0 Å². The summed E-state index contributed by atoms with van der Waals surface area (Å²) in [6.45, 7) is 6.75. The Morgan fingerprint density at radius 3 is 2.72 bits per heavy atom. The first-order valence-corrected chi connectivity index (χ1v) is 10.3. The molecule has 2 aromatic heterocycles. The van der Waals surface area contributed by atoms with Crippen molar-refractivity contribution >= 4 is 16.9 Å². The Hall–Kier alpha value is -2.66. The number of hydrogen-bond donors (Lipinski definition) is 3. The van der Waals surface area contributed by atoms with Crippen molar-refractivity contribution < 1.29 is 9.90 Å². The molecule has 1 aromatic carbocycles. The number of hydrogen-bond acceptors (Lipinski definition) is 3. The Balaban J connectivity index is 1.57. The zero-order chi connectivity index (χ0) is 20.6. The highest BCUT2D eigenvalue weighted by molar-refractivity contribution is 5.97. The van der Waals surface area contributed by atoms with E-state index in [1.54, 1.807) is 6.07 Å². The number of H-pyrrole nitrogens is 1. The van der Waals surface area contributed by atoms with Gasteiger partial charge in [0, 0.05) is 5.69 Å². The fourth-order valence-corrected chi connectivity index (χ4v) is 4.23. The summed E-state index contributed by atoms with van der Waals surface area (Å²) < 4.78 is 0. The lowest BCUT2D eigenvalue weighted by atomic mass is 9.71. The number of fused-ring (bicyclic) bond motifs is 2. The molecule has 2 atom stereocenters. The van der Waals surface area contributed by atoms with Gasteiger partial charge in [-0.3, -0.25) is 9.78 Å². The van der Waals surface area contributed by atoms with Crippen molar-refractivity contribution in [2.75, 3.05) is 6.61 Å². The molecule has 0 fully saturated rings. The molecule has 152 valence electrons. The second-order valence-corrected chi connectivity index (χ2v) is 9.14. The fraction of sp³-hybridized carbons (Fsp3) is 0.417. The summed E-state index contributed by atoms with van der Waals surface area (Å²) in [4.78, 5) is 20.8. The van der Waals surface area contributed by atoms with E-state index in [1.165, 1.54) is 5.56 Å². The summed E-state index contributed by atoms with van der Waals surface area (Å²) in [7, 11) is 0. The van der Waals surface area contributed by atoms with Gasteiger partial charge in [0.05, 0.1) is 23.7 Å². The second-order valence-electron chi connectivity index (χ2n) is 9.14. The van der Waals surface area contributed by atoms with Crippen LogP contribution < -0.4 is 5.32 Å². The van der Waals surface area contributed by atoms with Gasteiger partial charge < -0.3 is 15.4 Å². The van der Waals surface area contributed by atoms with Crippen LogP contribution in [0.15, 0.2) is 42.5 Å². The summed E-state index contributed by atoms with van der Waals surface area (Å²) in [5, 5.41) is 12.6. The minimum Gasteiger partial charge on any atom is -0.394 e. The SMILES string of the molecule is CC(C)(C)C1CCc2nc3cc(C(=O)N[C@H](CO)c4ccccc4)[nH]c3cc2C1. The zero-order valence-corrected chi connectivity index (χ0v) is 17.3. The first-order valence-electron chi connectivity index (χ1n) is 10.3. The molecule has 5 heteroatoms. The summed E-state index contributed by atoms with van der Waals surface area (Å²) in [5.74, 6) is 0.402. The van der Waals surface area contributed by atoms with Crippen LogP contribution in [0.2, 0.25) is 0 Å². The van der Waals surface area contributed by atoms with E-state index in [0.717, 1.165) is 41.6 Å². The molecule has 0 aliphatic heterocycles. The van der Waals surface area contributed by atoms with Crippen LogP contribution in [-0.4, -0.2) is 27.6 Å². The van der Waals surface area contributed by atoms with Crippen molar-refractivity contribution in [3.8, 4) is 0 Å². The van der Waals surface area contributed by atoms with Gasteiger partial charge in [-0.1, -0.05) is 51.1 Å². The van der Waals surface area contributed by atoms with Crippen molar-refractivity contribution in [3.63, 3.8) is 0 Å². The van der Waals surface area contributed by atoms with Crippen LogP contribution in [0.25, 0.3) is 11.0 Å². The number of carbonyl (C=O) groups excluding carboxylic acids is 1. The van der Waals surface area contributed by atoms with Crippen LogP contribution >= 0.6 is 0 Å². The molecule has 3 aromatic rings. The molecule has 0 spiro atoms. The number of benzene rings is 1. The highest BCUT2D eigenvalue weighted by Crippen LogP contribution is 2.37. The molecule has 0 radical (unpaired) electrons. The minimum absolute atomic E-state index is 0.156. The van der Waals surface area contributed by atoms with Crippen LogP contribution in [-0.2, 0) is 12.8 Å². The molecular weight excluding hydrogens is 362 g/mol. The molecule has 3 N–H and O–H groups in total. The quantitative estimate of drug-likeness (QED) is 0.624. The maximum absolute atomic E-state index is 12.8. The summed E-state index contributed by atoms with van der Waals surface area (Å²) >= 11 is 0. The van der Waals surface area contributed by atoms with Gasteiger partial charge in [-0.2, -0.15) is 0 Å². The average Bonchev–Trinajstić information content (AvgIpc) is 3.12. The lowest BCUT2D eigenvalue weighted by Gasteiger charge is -2.34. The standard InChI is InChI=1S/C24H29N3O2/c1-24(2,3)17-9-10-18-16(11-17)12-19-20(25-18)13-21(26-19)23(29)27-22(14-28)15-7-5-4-6-8-15/h4-8,12-13,17,22,26,28H,9-11,14H2,1-3H3,(H,27,29)/t17?,22-/m1/s1. The van der Waals surface area contributed by atoms with Crippen LogP contribution in [0.3, 0.4) is 0 Å². The van der Waals surface area contributed by atoms with E-state index in [2.05, 4.69) is 37.1 Å². The van der Waals surface area contributed by atoms with Gasteiger partial charge in [0.2, 0.25) is 0 Å². The third-order valence-electron chi connectivity index (χ3n) is 6.13. The molecule has 0 bridgehead atoms. The van der Waals surface area contributed by atoms with Crippen molar-refractivity contribution in [3.05, 3.63) is 65.0 Å². The van der Waals surface area contributed by atoms with Crippen molar-refractivity contribution in [2.45, 2.75) is 46.1 Å². The third-order valence-corrected chi connectivity index (χ3v) is 6.13. The van der Waals surface area contributed by atoms with Gasteiger partial charge in [-0.05, 0) is 53.9 Å². The van der Waals surface area contributed by atoms with Gasteiger partial charge in [0.15, 0.2) is 0 Å². The first kappa shape index (κ1) is 19.6. The molecule has 0 saturated carbocycles. The zero-order valence-electron chi connectivity index (χ0n) is 17.3. The number of aliphatic hydroxyl groups excluding tert-OH is 1. The van der Waals surface area contributed by atoms with E-state index in [1.807, 2.05) is 30.3 Å². The molecule has 29 heavy (non-hydrogen) atoms. The normalized spacial score (nSPS) is 17.7. The number of aryl methyl sites for hydroxylation is 1. The lowest BCUT2D eigenvalue weighted by Crippen LogP contribution is -2.30. The van der Waals surface area contributed by atoms with Crippen LogP contribution in [0.1, 0.15) is 60.5 Å². The molecular formula is C24H29N3O2. The van der Waals surface area contributed by atoms with Crippen LogP contribution in [0.5, 0.6) is 0 Å². The van der Waals surface area contributed by atoms with E-state index in [0.29, 0.717) is 11.6 Å². The number of aromatic nitrogens is 2. The van der Waals surface area contributed by atoms with Crippen LogP contribution in [0.4, 0.5) is 0 Å². The highest BCUT2D eigenvalue weighted by Gasteiger charge is 2.29. The summed E-state index contributed by atoms with van der Waals surface area (Å²) in [6.07, 6.45) is 3.17. The summed E-state index contributed by atoms with van der Waals surface area (Å²) in [5.41, 5.74) is 5.78. The number of carbonyl (C=O) groups is 1. The molecule has 1 aliphatic rings.